The number of hydrogen-bond donors (Lipinski definition) is 2. The molecular formula is C14H24N4O2. The fraction of sp³-hybridized carbons (Fsp3) is 0.714. The number of amides is 2. The number of nitrogens with zero attached hydrogens (tertiary/aromatic N) is 2. The van der Waals surface area contributed by atoms with Gasteiger partial charge in [0.15, 0.2) is 0 Å². The van der Waals surface area contributed by atoms with Crippen molar-refractivity contribution in [3.63, 3.8) is 0 Å². The van der Waals surface area contributed by atoms with Gasteiger partial charge in [0.1, 0.15) is 5.84 Å². The first-order valence-electron chi connectivity index (χ1n) is 7.28. The molecule has 2 atom stereocenters. The van der Waals surface area contributed by atoms with Crippen molar-refractivity contribution in [1.82, 2.24) is 15.5 Å². The number of hydrogen-bond acceptors (Lipinski definition) is 4. The predicted molar refractivity (Wildman–Crippen MR) is 78.8 cm³/mol. The van der Waals surface area contributed by atoms with E-state index in [-0.39, 0.29) is 18.2 Å². The molecule has 2 heterocycles. The third-order valence-electron chi connectivity index (χ3n) is 3.36. The monoisotopic (exact) mass is 280 g/mol. The van der Waals surface area contributed by atoms with Crippen molar-refractivity contribution in [1.29, 1.82) is 0 Å². The molecule has 0 aromatic heterocycles. The fourth-order valence-electron chi connectivity index (χ4n) is 2.63. The lowest BCUT2D eigenvalue weighted by atomic mass is 10.1. The molecule has 0 aromatic carbocycles. The van der Waals surface area contributed by atoms with E-state index in [1.165, 1.54) is 5.70 Å². The lowest BCUT2D eigenvalue weighted by Crippen LogP contribution is -2.46. The molecule has 2 unspecified atom stereocenters. The molecule has 0 aliphatic carbocycles. The molecule has 112 valence electrons. The summed E-state index contributed by atoms with van der Waals surface area (Å²) in [5.74, 6) is 0.643. The van der Waals surface area contributed by atoms with E-state index in [4.69, 9.17) is 4.74 Å². The van der Waals surface area contributed by atoms with E-state index in [9.17, 15) is 4.79 Å². The van der Waals surface area contributed by atoms with Crippen LogP contribution in [0, 0.1) is 0 Å². The van der Waals surface area contributed by atoms with Gasteiger partial charge in [0.25, 0.3) is 0 Å². The van der Waals surface area contributed by atoms with E-state index in [1.54, 1.807) is 0 Å². The first-order chi connectivity index (χ1) is 9.58. The number of amidine groups is 1. The van der Waals surface area contributed by atoms with Crippen LogP contribution in [0.3, 0.4) is 0 Å². The normalized spacial score (nSPS) is 26.6. The van der Waals surface area contributed by atoms with Gasteiger partial charge in [0, 0.05) is 38.3 Å². The second-order valence-corrected chi connectivity index (χ2v) is 5.30. The van der Waals surface area contributed by atoms with E-state index in [0.29, 0.717) is 18.9 Å². The van der Waals surface area contributed by atoms with Crippen molar-refractivity contribution >= 4 is 11.9 Å². The third kappa shape index (κ3) is 3.96. The molecule has 2 N–H and O–H groups in total. The maximum Gasteiger partial charge on any atom is 0.320 e. The van der Waals surface area contributed by atoms with Crippen molar-refractivity contribution in [3.8, 4) is 0 Å². The van der Waals surface area contributed by atoms with E-state index in [1.807, 2.05) is 13.0 Å². The largest absolute Gasteiger partial charge is 0.372 e. The summed E-state index contributed by atoms with van der Waals surface area (Å²) in [6.07, 6.45) is 3.36. The Morgan fingerprint density at radius 1 is 1.45 bits per heavy atom. The van der Waals surface area contributed by atoms with Gasteiger partial charge in [-0.2, -0.15) is 0 Å². The van der Waals surface area contributed by atoms with Crippen molar-refractivity contribution in [2.75, 3.05) is 26.2 Å². The second kappa shape index (κ2) is 6.74. The number of carbonyl (C=O) groups is 1. The van der Waals surface area contributed by atoms with Gasteiger partial charge in [-0.3, -0.25) is 10.3 Å². The molecule has 0 saturated carbocycles. The Morgan fingerprint density at radius 3 is 2.80 bits per heavy atom. The van der Waals surface area contributed by atoms with Crippen LogP contribution in [-0.4, -0.2) is 55.2 Å². The number of rotatable bonds is 2. The number of aliphatic imine (C=N–C) groups is 1. The van der Waals surface area contributed by atoms with Gasteiger partial charge < -0.3 is 15.0 Å². The molecule has 6 heteroatoms. The van der Waals surface area contributed by atoms with Crippen molar-refractivity contribution in [3.05, 3.63) is 11.8 Å². The Hall–Kier alpha value is -1.56. The second-order valence-electron chi connectivity index (χ2n) is 5.30. The average Bonchev–Trinajstić information content (AvgIpc) is 2.38. The third-order valence-corrected chi connectivity index (χ3v) is 3.36. The topological polar surface area (TPSA) is 66.0 Å². The lowest BCUT2D eigenvalue weighted by molar-refractivity contribution is -0.0586. The zero-order valence-corrected chi connectivity index (χ0v) is 12.5. The molecule has 2 aliphatic rings. The molecule has 0 radical (unpaired) electrons. The maximum atomic E-state index is 11.5. The molecule has 1 saturated heterocycles. The van der Waals surface area contributed by atoms with Gasteiger partial charge in [-0.1, -0.05) is 0 Å². The smallest absolute Gasteiger partial charge is 0.320 e. The quantitative estimate of drug-likeness (QED) is 0.796. The Kier molecular flexibility index (Phi) is 5.00. The predicted octanol–water partition coefficient (Wildman–Crippen LogP) is 1.10. The highest BCUT2D eigenvalue weighted by atomic mass is 16.5. The summed E-state index contributed by atoms with van der Waals surface area (Å²) < 4.78 is 5.75. The summed E-state index contributed by atoms with van der Waals surface area (Å²) in [5.41, 5.74) is 1.23. The molecule has 20 heavy (non-hydrogen) atoms. The summed E-state index contributed by atoms with van der Waals surface area (Å²) in [5, 5.41) is 5.48. The summed E-state index contributed by atoms with van der Waals surface area (Å²) in [4.78, 5) is 18.2. The zero-order chi connectivity index (χ0) is 14.5. The summed E-state index contributed by atoms with van der Waals surface area (Å²) in [6, 6.07) is -0.201. The highest BCUT2D eigenvalue weighted by Crippen LogP contribution is 2.19. The number of ether oxygens (including phenoxy) is 1. The van der Waals surface area contributed by atoms with Crippen molar-refractivity contribution in [2.24, 2.45) is 4.99 Å². The highest BCUT2D eigenvalue weighted by Gasteiger charge is 2.24. The van der Waals surface area contributed by atoms with Crippen LogP contribution in [-0.2, 0) is 4.74 Å². The summed E-state index contributed by atoms with van der Waals surface area (Å²) in [6.45, 7) is 9.18. The van der Waals surface area contributed by atoms with Crippen molar-refractivity contribution < 1.29 is 9.53 Å². The molecule has 2 rings (SSSR count). The summed E-state index contributed by atoms with van der Waals surface area (Å²) in [7, 11) is 0. The molecule has 0 spiro atoms. The van der Waals surface area contributed by atoms with Crippen LogP contribution in [0.2, 0.25) is 0 Å². The minimum atomic E-state index is -0.201. The first kappa shape index (κ1) is 14.8. The zero-order valence-electron chi connectivity index (χ0n) is 12.5. The van der Waals surface area contributed by atoms with Crippen LogP contribution in [0.4, 0.5) is 4.79 Å². The minimum absolute atomic E-state index is 0.201. The van der Waals surface area contributed by atoms with Gasteiger partial charge in [0.2, 0.25) is 0 Å². The van der Waals surface area contributed by atoms with Gasteiger partial charge in [-0.05, 0) is 26.8 Å². The SMILES string of the molecule is CCNC(=O)NC1=NCCC(N2CC(C)OC(C)C2)=C1. The number of dihydropyridines is 1. The molecule has 0 bridgehead atoms. The molecule has 1 fully saturated rings. The molecule has 2 amide bonds. The Labute approximate surface area is 120 Å². The van der Waals surface area contributed by atoms with Crippen LogP contribution in [0.15, 0.2) is 16.8 Å². The number of urea groups is 1. The van der Waals surface area contributed by atoms with Crippen LogP contribution in [0.5, 0.6) is 0 Å². The van der Waals surface area contributed by atoms with Crippen LogP contribution in [0.1, 0.15) is 27.2 Å². The first-order valence-corrected chi connectivity index (χ1v) is 7.28. The summed E-state index contributed by atoms with van der Waals surface area (Å²) >= 11 is 0. The average molecular weight is 280 g/mol. The Morgan fingerprint density at radius 2 is 2.15 bits per heavy atom. The van der Waals surface area contributed by atoms with Crippen molar-refractivity contribution in [2.45, 2.75) is 39.4 Å². The van der Waals surface area contributed by atoms with Crippen LogP contribution >= 0.6 is 0 Å². The van der Waals surface area contributed by atoms with Gasteiger partial charge in [-0.15, -0.1) is 0 Å². The van der Waals surface area contributed by atoms with Gasteiger partial charge in [-0.25, -0.2) is 4.79 Å². The van der Waals surface area contributed by atoms with E-state index >= 15 is 0 Å². The Bertz CT molecular complexity index is 409. The van der Waals surface area contributed by atoms with E-state index in [0.717, 1.165) is 19.5 Å². The number of nitrogens with one attached hydrogen (secondary N) is 2. The number of morpholine rings is 1. The van der Waals surface area contributed by atoms with E-state index < -0.39 is 0 Å². The van der Waals surface area contributed by atoms with E-state index in [2.05, 4.69) is 34.4 Å². The molecule has 2 aliphatic heterocycles. The molecule has 0 aromatic rings. The van der Waals surface area contributed by atoms with Crippen LogP contribution < -0.4 is 10.6 Å². The fourth-order valence-corrected chi connectivity index (χ4v) is 2.63. The maximum absolute atomic E-state index is 11.5. The standard InChI is InChI=1S/C14H24N4O2/c1-4-15-14(19)17-13-7-12(5-6-16-13)18-8-10(2)20-11(3)9-18/h7,10-11H,4-6,8-9H2,1-3H3,(H2,15,16,17,19). The molecular weight excluding hydrogens is 256 g/mol. The highest BCUT2D eigenvalue weighted by molar-refractivity contribution is 6.04. The van der Waals surface area contributed by atoms with Gasteiger partial charge >= 0.3 is 6.03 Å². The van der Waals surface area contributed by atoms with Crippen LogP contribution in [0.25, 0.3) is 0 Å². The van der Waals surface area contributed by atoms with Gasteiger partial charge in [0.05, 0.1) is 12.2 Å². The molecule has 6 nitrogen and oxygen atoms in total. The lowest BCUT2D eigenvalue weighted by Gasteiger charge is -2.38. The number of carbonyl (C=O) groups excluding carboxylic acids is 1. The Balaban J connectivity index is 1.99. The minimum Gasteiger partial charge on any atom is -0.372 e.